The molecule has 0 heterocycles. The van der Waals surface area contributed by atoms with Gasteiger partial charge in [0.2, 0.25) is 11.9 Å². The number of rotatable bonds is 5. The fourth-order valence-corrected chi connectivity index (χ4v) is 1.25. The summed E-state index contributed by atoms with van der Waals surface area (Å²) in [4.78, 5) is 0. The van der Waals surface area contributed by atoms with Gasteiger partial charge in [0, 0.05) is 0 Å². The van der Waals surface area contributed by atoms with Gasteiger partial charge in [0.25, 0.3) is 0 Å². The number of guanidine groups is 2. The highest BCUT2D eigenvalue weighted by Crippen LogP contribution is 2.06. The summed E-state index contributed by atoms with van der Waals surface area (Å²) in [5, 5.41) is 17.8. The normalized spacial score (nSPS) is 10.2. The molecule has 8 heteroatoms. The van der Waals surface area contributed by atoms with Crippen LogP contribution >= 0.6 is 0 Å². The summed E-state index contributed by atoms with van der Waals surface area (Å²) in [6.45, 7) is 0.880. The maximum atomic E-state index is 6.90. The van der Waals surface area contributed by atoms with Crippen molar-refractivity contribution in [2.24, 2.45) is 32.5 Å². The van der Waals surface area contributed by atoms with Crippen LogP contribution in [0, 0.1) is 5.41 Å². The van der Waals surface area contributed by atoms with Crippen LogP contribution in [-0.2, 0) is 13.1 Å². The first-order valence-electron chi connectivity index (χ1n) is 5.19. The van der Waals surface area contributed by atoms with E-state index in [9.17, 15) is 0 Å². The number of nitrogens with two attached hydrogens (primary N) is 3. The van der Waals surface area contributed by atoms with Gasteiger partial charge in [0.05, 0.1) is 13.1 Å². The Balaban J connectivity index is 2.56. The maximum absolute atomic E-state index is 6.90. The zero-order valence-corrected chi connectivity index (χ0v) is 9.80. The topological polar surface area (TPSA) is 151 Å². The Hall–Kier alpha value is -2.64. The molecule has 0 aliphatic carbocycles. The molecule has 0 spiro atoms. The third-order valence-electron chi connectivity index (χ3n) is 1.91. The molecule has 8 N–H and O–H groups in total. The van der Waals surface area contributed by atoms with Crippen LogP contribution in [0.1, 0.15) is 11.1 Å². The van der Waals surface area contributed by atoms with Gasteiger partial charge in [-0.1, -0.05) is 24.3 Å². The summed E-state index contributed by atoms with van der Waals surface area (Å²) in [5.74, 6) is -0.318. The molecule has 1 aromatic rings. The zero-order chi connectivity index (χ0) is 13.4. The highest BCUT2D eigenvalue weighted by Gasteiger charge is 1.95. The first-order valence-corrected chi connectivity index (χ1v) is 5.19. The first kappa shape index (κ1) is 13.4. The molecule has 0 unspecified atom stereocenters. The predicted molar refractivity (Wildman–Crippen MR) is 69.6 cm³/mol. The number of azo groups is 1. The van der Waals surface area contributed by atoms with Gasteiger partial charge < -0.3 is 22.6 Å². The molecule has 0 aromatic heterocycles. The van der Waals surface area contributed by atoms with Crippen molar-refractivity contribution in [1.82, 2.24) is 5.43 Å². The van der Waals surface area contributed by atoms with Crippen molar-refractivity contribution in [3.05, 3.63) is 35.4 Å². The lowest BCUT2D eigenvalue weighted by atomic mass is 10.1. The van der Waals surface area contributed by atoms with E-state index in [0.717, 1.165) is 11.1 Å². The van der Waals surface area contributed by atoms with Crippen molar-refractivity contribution in [2.75, 3.05) is 0 Å². The molecule has 1 rings (SSSR count). The van der Waals surface area contributed by atoms with E-state index >= 15 is 0 Å². The second kappa shape index (κ2) is 6.84. The Labute approximate surface area is 104 Å². The summed E-state index contributed by atoms with van der Waals surface area (Å²) in [6, 6.07) is 7.67. The van der Waals surface area contributed by atoms with E-state index in [2.05, 4.69) is 20.8 Å². The molecule has 0 fully saturated rings. The number of nitrogens with zero attached hydrogens (tertiary/aromatic N) is 3. The number of hydrazone groups is 1. The van der Waals surface area contributed by atoms with Crippen LogP contribution in [0.25, 0.3) is 0 Å². The molecule has 0 aliphatic heterocycles. The number of hydrogen-bond acceptors (Lipinski definition) is 4. The summed E-state index contributed by atoms with van der Waals surface area (Å²) in [7, 11) is 0. The monoisotopic (exact) mass is 248 g/mol. The molecule has 8 nitrogen and oxygen atoms in total. The van der Waals surface area contributed by atoms with Gasteiger partial charge in [-0.25, -0.2) is 0 Å². The van der Waals surface area contributed by atoms with Crippen molar-refractivity contribution in [3.63, 3.8) is 0 Å². The van der Waals surface area contributed by atoms with Crippen molar-refractivity contribution in [1.29, 1.82) is 5.41 Å². The van der Waals surface area contributed by atoms with Crippen LogP contribution in [0.2, 0.25) is 0 Å². The Morgan fingerprint density at radius 1 is 1.22 bits per heavy atom. The Kier molecular flexibility index (Phi) is 5.10. The van der Waals surface area contributed by atoms with Crippen LogP contribution in [-0.4, -0.2) is 11.9 Å². The summed E-state index contributed by atoms with van der Waals surface area (Å²) in [6.07, 6.45) is 0. The van der Waals surface area contributed by atoms with Crippen LogP contribution < -0.4 is 22.6 Å². The van der Waals surface area contributed by atoms with E-state index in [1.807, 2.05) is 24.3 Å². The molecule has 0 aliphatic rings. The maximum Gasteiger partial charge on any atom is 0.232 e. The first-order chi connectivity index (χ1) is 8.58. The molecular formula is C10H16N8. The Bertz CT molecular complexity index is 461. The molecule has 0 atom stereocenters. The van der Waals surface area contributed by atoms with Crippen LogP contribution in [0.4, 0.5) is 0 Å². The van der Waals surface area contributed by atoms with Crippen molar-refractivity contribution in [2.45, 2.75) is 13.1 Å². The van der Waals surface area contributed by atoms with Crippen LogP contribution in [0.3, 0.4) is 0 Å². The van der Waals surface area contributed by atoms with Crippen LogP contribution in [0.5, 0.6) is 0 Å². The molecule has 96 valence electrons. The molecule has 18 heavy (non-hydrogen) atoms. The van der Waals surface area contributed by atoms with Gasteiger partial charge in [0.15, 0.2) is 0 Å². The van der Waals surface area contributed by atoms with Gasteiger partial charge in [-0.3, -0.25) is 5.41 Å². The van der Waals surface area contributed by atoms with Gasteiger partial charge in [-0.15, -0.1) is 10.2 Å². The lowest BCUT2D eigenvalue weighted by Gasteiger charge is -2.03. The Morgan fingerprint density at radius 2 is 1.94 bits per heavy atom. The van der Waals surface area contributed by atoms with E-state index in [0.29, 0.717) is 13.1 Å². The summed E-state index contributed by atoms with van der Waals surface area (Å²) in [5.41, 5.74) is 20.1. The largest absolute Gasteiger partial charge is 0.369 e. The van der Waals surface area contributed by atoms with E-state index in [-0.39, 0.29) is 11.9 Å². The number of benzene rings is 1. The minimum absolute atomic E-state index is 0.0126. The molecule has 1 aromatic carbocycles. The molecule has 0 saturated carbocycles. The molecular weight excluding hydrogens is 232 g/mol. The minimum Gasteiger partial charge on any atom is -0.369 e. The average molecular weight is 248 g/mol. The molecule has 0 amide bonds. The van der Waals surface area contributed by atoms with E-state index in [4.69, 9.17) is 22.6 Å². The summed E-state index contributed by atoms with van der Waals surface area (Å²) >= 11 is 0. The Morgan fingerprint density at radius 3 is 2.61 bits per heavy atom. The fraction of sp³-hybridized carbons (Fsp3) is 0.200. The summed E-state index contributed by atoms with van der Waals surface area (Å²) < 4.78 is 0. The second-order valence-corrected chi connectivity index (χ2v) is 3.48. The van der Waals surface area contributed by atoms with Crippen molar-refractivity contribution < 1.29 is 0 Å². The zero-order valence-electron chi connectivity index (χ0n) is 9.80. The molecule has 0 saturated heterocycles. The SMILES string of the molecule is N=C(N)N=NCc1cccc(CNN=C(N)N)c1. The van der Waals surface area contributed by atoms with Crippen LogP contribution in [0.15, 0.2) is 39.6 Å². The van der Waals surface area contributed by atoms with Gasteiger partial charge in [0.1, 0.15) is 0 Å². The van der Waals surface area contributed by atoms with Gasteiger partial charge in [-0.2, -0.15) is 5.11 Å². The van der Waals surface area contributed by atoms with Crippen molar-refractivity contribution in [3.8, 4) is 0 Å². The fourth-order valence-electron chi connectivity index (χ4n) is 1.25. The smallest absolute Gasteiger partial charge is 0.232 e. The van der Waals surface area contributed by atoms with E-state index in [1.165, 1.54) is 0 Å². The second-order valence-electron chi connectivity index (χ2n) is 3.48. The molecule has 0 radical (unpaired) electrons. The van der Waals surface area contributed by atoms with Crippen molar-refractivity contribution >= 4 is 11.9 Å². The highest BCUT2D eigenvalue weighted by atomic mass is 15.3. The highest BCUT2D eigenvalue weighted by molar-refractivity contribution is 5.75. The third-order valence-corrected chi connectivity index (χ3v) is 1.91. The number of hydrogen-bond donors (Lipinski definition) is 5. The minimum atomic E-state index is -0.305. The van der Waals surface area contributed by atoms with Gasteiger partial charge >= 0.3 is 0 Å². The van der Waals surface area contributed by atoms with E-state index in [1.54, 1.807) is 0 Å². The standard InChI is InChI=1S/C10H16N8/c11-9(12)17-15-5-7-2-1-3-8(4-7)6-16-18-10(13)14/h1-4,15H,5-6H2,(H3,13,14)(H4,11,12,17). The number of nitrogens with one attached hydrogen (secondary N) is 2. The average Bonchev–Trinajstić information content (AvgIpc) is 2.28. The van der Waals surface area contributed by atoms with Gasteiger partial charge in [-0.05, 0) is 11.1 Å². The lowest BCUT2D eigenvalue weighted by Crippen LogP contribution is -2.26. The molecule has 0 bridgehead atoms. The predicted octanol–water partition coefficient (Wildman–Crippen LogP) is -0.190. The quantitative estimate of drug-likeness (QED) is 0.212. The van der Waals surface area contributed by atoms with E-state index < -0.39 is 0 Å². The lowest BCUT2D eigenvalue weighted by molar-refractivity contribution is 0.739. The third kappa shape index (κ3) is 5.45.